The fourth-order valence-corrected chi connectivity index (χ4v) is 1.75. The number of rotatable bonds is 1. The Hall–Kier alpha value is -1.83. The molecule has 0 fully saturated rings. The van der Waals surface area contributed by atoms with Gasteiger partial charge in [-0.05, 0) is 23.8 Å². The van der Waals surface area contributed by atoms with Crippen LogP contribution in [-0.4, -0.2) is 17.9 Å². The van der Waals surface area contributed by atoms with Gasteiger partial charge in [0.05, 0.1) is 0 Å². The van der Waals surface area contributed by atoms with Crippen LogP contribution in [0.1, 0.15) is 12.5 Å². The van der Waals surface area contributed by atoms with Crippen molar-refractivity contribution < 1.29 is 5.11 Å². The molecule has 0 spiro atoms. The molecule has 0 heterocycles. The largest absolute Gasteiger partial charge is 0.507 e. The molecule has 2 heteroatoms. The van der Waals surface area contributed by atoms with Crippen molar-refractivity contribution in [3.8, 4) is 5.75 Å². The molecule has 0 radical (unpaired) electrons. The lowest BCUT2D eigenvalue weighted by Crippen LogP contribution is -1.96. The Balaban J connectivity index is 2.86. The van der Waals surface area contributed by atoms with Crippen LogP contribution in [0.25, 0.3) is 10.8 Å². The molecular formula is C13H13NO. The molecule has 0 aliphatic heterocycles. The Morgan fingerprint density at radius 3 is 2.60 bits per heavy atom. The van der Waals surface area contributed by atoms with Gasteiger partial charge < -0.3 is 5.11 Å². The van der Waals surface area contributed by atoms with Crippen LogP contribution in [-0.2, 0) is 0 Å². The summed E-state index contributed by atoms with van der Waals surface area (Å²) in [7, 11) is 1.73. The molecule has 0 bridgehead atoms. The van der Waals surface area contributed by atoms with E-state index < -0.39 is 0 Å². The van der Waals surface area contributed by atoms with Crippen molar-refractivity contribution in [3.05, 3.63) is 42.0 Å². The summed E-state index contributed by atoms with van der Waals surface area (Å²) in [6.07, 6.45) is 0. The second-order valence-electron chi connectivity index (χ2n) is 3.49. The molecule has 0 amide bonds. The number of benzene rings is 2. The Morgan fingerprint density at radius 1 is 1.13 bits per heavy atom. The topological polar surface area (TPSA) is 32.6 Å². The standard InChI is InChI=1S/C13H13NO/c1-9(14-2)13-11-6-4-3-5-10(11)7-8-12(13)15/h3-8,15H,1-2H3/b14-9-. The minimum absolute atomic E-state index is 0.289. The maximum Gasteiger partial charge on any atom is 0.125 e. The van der Waals surface area contributed by atoms with E-state index in [2.05, 4.69) is 4.99 Å². The summed E-state index contributed by atoms with van der Waals surface area (Å²) in [4.78, 5) is 4.13. The van der Waals surface area contributed by atoms with Crippen molar-refractivity contribution in [1.82, 2.24) is 0 Å². The van der Waals surface area contributed by atoms with Gasteiger partial charge in [0, 0.05) is 18.3 Å². The lowest BCUT2D eigenvalue weighted by atomic mass is 10.0. The first-order chi connectivity index (χ1) is 7.24. The van der Waals surface area contributed by atoms with Crippen molar-refractivity contribution in [2.75, 3.05) is 7.05 Å². The van der Waals surface area contributed by atoms with E-state index in [1.807, 2.05) is 37.3 Å². The number of nitrogens with zero attached hydrogens (tertiary/aromatic N) is 1. The fourth-order valence-electron chi connectivity index (χ4n) is 1.75. The maximum absolute atomic E-state index is 9.83. The van der Waals surface area contributed by atoms with E-state index in [0.29, 0.717) is 0 Å². The number of aliphatic imine (C=N–C) groups is 1. The van der Waals surface area contributed by atoms with Crippen molar-refractivity contribution in [1.29, 1.82) is 0 Å². The molecule has 1 N–H and O–H groups in total. The summed E-state index contributed by atoms with van der Waals surface area (Å²) in [6, 6.07) is 11.6. The van der Waals surface area contributed by atoms with Crippen LogP contribution in [0, 0.1) is 0 Å². The summed E-state index contributed by atoms with van der Waals surface area (Å²) in [5.41, 5.74) is 1.68. The predicted molar refractivity (Wildman–Crippen MR) is 63.7 cm³/mol. The third-order valence-electron chi connectivity index (χ3n) is 2.60. The zero-order valence-electron chi connectivity index (χ0n) is 8.86. The second kappa shape index (κ2) is 3.73. The number of fused-ring (bicyclic) bond motifs is 1. The van der Waals surface area contributed by atoms with E-state index in [1.165, 1.54) is 0 Å². The van der Waals surface area contributed by atoms with Crippen molar-refractivity contribution in [2.24, 2.45) is 4.99 Å². The Bertz CT molecular complexity index is 529. The van der Waals surface area contributed by atoms with Gasteiger partial charge in [-0.1, -0.05) is 30.3 Å². The van der Waals surface area contributed by atoms with E-state index in [0.717, 1.165) is 22.0 Å². The SMILES string of the molecule is C/N=C(/C)c1c(O)ccc2ccccc12. The van der Waals surface area contributed by atoms with E-state index in [9.17, 15) is 5.11 Å². The van der Waals surface area contributed by atoms with Crippen molar-refractivity contribution in [3.63, 3.8) is 0 Å². The molecule has 15 heavy (non-hydrogen) atoms. The highest BCUT2D eigenvalue weighted by Gasteiger charge is 2.08. The minimum atomic E-state index is 0.289. The predicted octanol–water partition coefficient (Wildman–Crippen LogP) is 2.98. The van der Waals surface area contributed by atoms with E-state index >= 15 is 0 Å². The number of phenolic OH excluding ortho intramolecular Hbond substituents is 1. The average Bonchev–Trinajstić information content (AvgIpc) is 2.28. The van der Waals surface area contributed by atoms with Gasteiger partial charge >= 0.3 is 0 Å². The van der Waals surface area contributed by atoms with Crippen LogP contribution in [0.2, 0.25) is 0 Å². The smallest absolute Gasteiger partial charge is 0.125 e. The Morgan fingerprint density at radius 2 is 1.87 bits per heavy atom. The monoisotopic (exact) mass is 199 g/mol. The van der Waals surface area contributed by atoms with Gasteiger partial charge in [-0.3, -0.25) is 4.99 Å². The molecule has 0 aliphatic rings. The third-order valence-corrected chi connectivity index (χ3v) is 2.60. The number of phenols is 1. The molecule has 0 unspecified atom stereocenters. The highest BCUT2D eigenvalue weighted by atomic mass is 16.3. The van der Waals surface area contributed by atoms with Crippen LogP contribution < -0.4 is 0 Å². The van der Waals surface area contributed by atoms with Gasteiger partial charge in [-0.2, -0.15) is 0 Å². The van der Waals surface area contributed by atoms with Crippen LogP contribution in [0.5, 0.6) is 5.75 Å². The maximum atomic E-state index is 9.83. The van der Waals surface area contributed by atoms with Crippen LogP contribution >= 0.6 is 0 Å². The molecule has 0 atom stereocenters. The molecule has 2 rings (SSSR count). The lowest BCUT2D eigenvalue weighted by molar-refractivity contribution is 0.475. The number of hydrogen-bond acceptors (Lipinski definition) is 2. The zero-order valence-corrected chi connectivity index (χ0v) is 8.86. The summed E-state index contributed by atoms with van der Waals surface area (Å²) >= 11 is 0. The van der Waals surface area contributed by atoms with Gasteiger partial charge in [-0.15, -0.1) is 0 Å². The molecule has 2 aromatic rings. The molecule has 0 aromatic heterocycles. The summed E-state index contributed by atoms with van der Waals surface area (Å²) in [5, 5.41) is 12.0. The highest BCUT2D eigenvalue weighted by molar-refractivity contribution is 6.11. The van der Waals surface area contributed by atoms with Gasteiger partial charge in [-0.25, -0.2) is 0 Å². The molecule has 0 aliphatic carbocycles. The number of hydrogen-bond donors (Lipinski definition) is 1. The third kappa shape index (κ3) is 1.59. The molecule has 2 aromatic carbocycles. The first-order valence-electron chi connectivity index (χ1n) is 4.88. The lowest BCUT2D eigenvalue weighted by Gasteiger charge is -2.08. The van der Waals surface area contributed by atoms with E-state index in [1.54, 1.807) is 13.1 Å². The normalized spacial score (nSPS) is 12.0. The molecule has 0 saturated carbocycles. The molecule has 2 nitrogen and oxygen atoms in total. The second-order valence-corrected chi connectivity index (χ2v) is 3.49. The minimum Gasteiger partial charge on any atom is -0.507 e. The highest BCUT2D eigenvalue weighted by Crippen LogP contribution is 2.27. The summed E-state index contributed by atoms with van der Waals surface area (Å²) in [6.45, 7) is 1.90. The van der Waals surface area contributed by atoms with Gasteiger partial charge in [0.25, 0.3) is 0 Å². The molecular weight excluding hydrogens is 186 g/mol. The number of aromatic hydroxyl groups is 1. The van der Waals surface area contributed by atoms with Crippen LogP contribution in [0.4, 0.5) is 0 Å². The van der Waals surface area contributed by atoms with Gasteiger partial charge in [0.1, 0.15) is 5.75 Å². The average molecular weight is 199 g/mol. The van der Waals surface area contributed by atoms with E-state index in [-0.39, 0.29) is 5.75 Å². The summed E-state index contributed by atoms with van der Waals surface area (Å²) in [5.74, 6) is 0.289. The van der Waals surface area contributed by atoms with Crippen molar-refractivity contribution >= 4 is 16.5 Å². The van der Waals surface area contributed by atoms with Gasteiger partial charge in [0.2, 0.25) is 0 Å². The van der Waals surface area contributed by atoms with E-state index in [4.69, 9.17) is 0 Å². The Labute approximate surface area is 88.9 Å². The fraction of sp³-hybridized carbons (Fsp3) is 0.154. The quantitative estimate of drug-likeness (QED) is 0.703. The molecule has 0 saturated heterocycles. The molecule has 76 valence electrons. The van der Waals surface area contributed by atoms with Crippen LogP contribution in [0.15, 0.2) is 41.4 Å². The van der Waals surface area contributed by atoms with Crippen LogP contribution in [0.3, 0.4) is 0 Å². The van der Waals surface area contributed by atoms with Gasteiger partial charge in [0.15, 0.2) is 0 Å². The first kappa shape index (κ1) is 9.71. The zero-order chi connectivity index (χ0) is 10.8. The van der Waals surface area contributed by atoms with Crippen molar-refractivity contribution in [2.45, 2.75) is 6.92 Å². The first-order valence-corrected chi connectivity index (χ1v) is 4.88. The summed E-state index contributed by atoms with van der Waals surface area (Å²) < 4.78 is 0. The Kier molecular flexibility index (Phi) is 2.42.